The number of benzene rings is 2. The SMILES string of the molecule is CCN(CC(=O)Nc1c(F)cccc1F)C(C)C(=O)Nc1ccc(C(C)(C)C)cc1. The second-order valence-corrected chi connectivity index (χ2v) is 8.20. The maximum Gasteiger partial charge on any atom is 0.241 e. The molecule has 0 heterocycles. The molecule has 0 aliphatic carbocycles. The van der Waals surface area contributed by atoms with Crippen molar-refractivity contribution in [2.75, 3.05) is 23.7 Å². The van der Waals surface area contributed by atoms with Crippen LogP contribution in [0, 0.1) is 11.6 Å². The van der Waals surface area contributed by atoms with Crippen LogP contribution >= 0.6 is 0 Å². The van der Waals surface area contributed by atoms with Crippen molar-refractivity contribution >= 4 is 23.2 Å². The molecule has 2 N–H and O–H groups in total. The van der Waals surface area contributed by atoms with E-state index in [0.717, 1.165) is 17.7 Å². The molecule has 2 aromatic rings. The van der Waals surface area contributed by atoms with Gasteiger partial charge in [-0.15, -0.1) is 0 Å². The first-order valence-electron chi connectivity index (χ1n) is 9.92. The lowest BCUT2D eigenvalue weighted by Gasteiger charge is -2.26. The summed E-state index contributed by atoms with van der Waals surface area (Å²) in [7, 11) is 0. The van der Waals surface area contributed by atoms with E-state index in [4.69, 9.17) is 0 Å². The summed E-state index contributed by atoms with van der Waals surface area (Å²) in [5.41, 5.74) is 1.34. The molecule has 2 amide bonds. The summed E-state index contributed by atoms with van der Waals surface area (Å²) in [5, 5.41) is 5.09. The van der Waals surface area contributed by atoms with Gasteiger partial charge in [-0.25, -0.2) is 8.78 Å². The molecule has 0 bridgehead atoms. The third-order valence-electron chi connectivity index (χ3n) is 4.93. The van der Waals surface area contributed by atoms with Crippen LogP contribution in [0.4, 0.5) is 20.2 Å². The van der Waals surface area contributed by atoms with Crippen LogP contribution in [0.1, 0.15) is 40.2 Å². The van der Waals surface area contributed by atoms with Gasteiger partial charge in [0.1, 0.15) is 17.3 Å². The van der Waals surface area contributed by atoms with E-state index in [1.54, 1.807) is 18.7 Å². The van der Waals surface area contributed by atoms with Gasteiger partial charge in [-0.2, -0.15) is 0 Å². The molecule has 0 spiro atoms. The number of nitrogens with one attached hydrogen (secondary N) is 2. The van der Waals surface area contributed by atoms with Crippen LogP contribution < -0.4 is 10.6 Å². The van der Waals surface area contributed by atoms with Gasteiger partial charge in [0.15, 0.2) is 0 Å². The molecule has 0 aliphatic heterocycles. The van der Waals surface area contributed by atoms with Gasteiger partial charge < -0.3 is 10.6 Å². The zero-order chi connectivity index (χ0) is 22.5. The van der Waals surface area contributed by atoms with Crippen molar-refractivity contribution in [3.05, 3.63) is 59.7 Å². The fraction of sp³-hybridized carbons (Fsp3) is 0.391. The molecule has 7 heteroatoms. The highest BCUT2D eigenvalue weighted by molar-refractivity contribution is 5.96. The number of nitrogens with zero attached hydrogens (tertiary/aromatic N) is 1. The molecular weight excluding hydrogens is 388 g/mol. The van der Waals surface area contributed by atoms with Gasteiger partial charge in [0.2, 0.25) is 11.8 Å². The summed E-state index contributed by atoms with van der Waals surface area (Å²) in [6, 6.07) is 10.4. The Hall–Kier alpha value is -2.80. The summed E-state index contributed by atoms with van der Waals surface area (Å²) in [5.74, 6) is -2.58. The highest BCUT2D eigenvalue weighted by atomic mass is 19.1. The molecule has 0 saturated heterocycles. The minimum absolute atomic E-state index is 0.0138. The first-order valence-corrected chi connectivity index (χ1v) is 9.92. The molecule has 162 valence electrons. The first kappa shape index (κ1) is 23.5. The number of hydrogen-bond donors (Lipinski definition) is 2. The number of rotatable bonds is 7. The molecular formula is C23H29F2N3O2. The summed E-state index contributed by atoms with van der Waals surface area (Å²) in [6.45, 7) is 10.0. The van der Waals surface area contributed by atoms with Crippen LogP contribution in [-0.4, -0.2) is 35.8 Å². The number of anilines is 2. The van der Waals surface area contributed by atoms with Crippen LogP contribution in [0.3, 0.4) is 0 Å². The Morgan fingerprint density at radius 2 is 1.57 bits per heavy atom. The topological polar surface area (TPSA) is 61.4 Å². The summed E-state index contributed by atoms with van der Waals surface area (Å²) in [4.78, 5) is 26.5. The van der Waals surface area contributed by atoms with Gasteiger partial charge in [0.25, 0.3) is 0 Å². The average Bonchev–Trinajstić information content (AvgIpc) is 2.68. The van der Waals surface area contributed by atoms with Crippen molar-refractivity contribution in [1.29, 1.82) is 0 Å². The average molecular weight is 418 g/mol. The lowest BCUT2D eigenvalue weighted by Crippen LogP contribution is -2.45. The van der Waals surface area contributed by atoms with Gasteiger partial charge in [0.05, 0.1) is 12.6 Å². The van der Waals surface area contributed by atoms with E-state index in [9.17, 15) is 18.4 Å². The zero-order valence-corrected chi connectivity index (χ0v) is 18.1. The van der Waals surface area contributed by atoms with E-state index in [1.165, 1.54) is 6.07 Å². The minimum atomic E-state index is -0.851. The molecule has 5 nitrogen and oxygen atoms in total. The Kier molecular flexibility index (Phi) is 7.67. The van der Waals surface area contributed by atoms with Gasteiger partial charge in [0, 0.05) is 5.69 Å². The van der Waals surface area contributed by atoms with E-state index in [2.05, 4.69) is 31.4 Å². The normalized spacial score (nSPS) is 12.5. The summed E-state index contributed by atoms with van der Waals surface area (Å²) < 4.78 is 27.5. The van der Waals surface area contributed by atoms with Crippen LogP contribution in [-0.2, 0) is 15.0 Å². The number of carbonyl (C=O) groups is 2. The predicted molar refractivity (Wildman–Crippen MR) is 115 cm³/mol. The fourth-order valence-corrected chi connectivity index (χ4v) is 2.97. The van der Waals surface area contributed by atoms with Gasteiger partial charge in [-0.3, -0.25) is 14.5 Å². The smallest absolute Gasteiger partial charge is 0.241 e. The number of likely N-dealkylation sites (N-methyl/N-ethyl adjacent to an activating group) is 1. The quantitative estimate of drug-likeness (QED) is 0.695. The molecule has 1 atom stereocenters. The third-order valence-corrected chi connectivity index (χ3v) is 4.93. The van der Waals surface area contributed by atoms with Gasteiger partial charge >= 0.3 is 0 Å². The molecule has 1 unspecified atom stereocenters. The van der Waals surface area contributed by atoms with Crippen molar-refractivity contribution in [3.63, 3.8) is 0 Å². The van der Waals surface area contributed by atoms with E-state index >= 15 is 0 Å². The standard InChI is InChI=1S/C23H29F2N3O2/c1-6-28(14-20(29)27-21-18(24)8-7-9-19(21)25)15(2)22(30)26-17-12-10-16(11-13-17)23(3,4)5/h7-13,15H,6,14H2,1-5H3,(H,26,30)(H,27,29). The van der Waals surface area contributed by atoms with Crippen LogP contribution in [0.15, 0.2) is 42.5 Å². The molecule has 0 fully saturated rings. The lowest BCUT2D eigenvalue weighted by atomic mass is 9.87. The van der Waals surface area contributed by atoms with Gasteiger partial charge in [-0.1, -0.05) is 45.9 Å². The first-order chi connectivity index (χ1) is 14.0. The van der Waals surface area contributed by atoms with Crippen molar-refractivity contribution in [2.45, 2.75) is 46.1 Å². The van der Waals surface area contributed by atoms with Crippen molar-refractivity contribution in [1.82, 2.24) is 4.90 Å². The number of carbonyl (C=O) groups excluding carboxylic acids is 2. The van der Waals surface area contributed by atoms with Crippen molar-refractivity contribution < 1.29 is 18.4 Å². The molecule has 0 aliphatic rings. The minimum Gasteiger partial charge on any atom is -0.325 e. The van der Waals surface area contributed by atoms with Crippen LogP contribution in [0.5, 0.6) is 0 Å². The Morgan fingerprint density at radius 1 is 1.00 bits per heavy atom. The Bertz CT molecular complexity index is 872. The maximum atomic E-state index is 13.7. The Balaban J connectivity index is 2.00. The largest absolute Gasteiger partial charge is 0.325 e. The summed E-state index contributed by atoms with van der Waals surface area (Å²) in [6.07, 6.45) is 0. The lowest BCUT2D eigenvalue weighted by molar-refractivity contribution is -0.123. The van der Waals surface area contributed by atoms with E-state index in [0.29, 0.717) is 12.2 Å². The number of para-hydroxylation sites is 1. The predicted octanol–water partition coefficient (Wildman–Crippen LogP) is 4.55. The maximum absolute atomic E-state index is 13.7. The number of halogens is 2. The molecule has 0 saturated carbocycles. The molecule has 2 aromatic carbocycles. The molecule has 30 heavy (non-hydrogen) atoms. The monoisotopic (exact) mass is 417 g/mol. The van der Waals surface area contributed by atoms with E-state index in [-0.39, 0.29) is 17.9 Å². The van der Waals surface area contributed by atoms with E-state index < -0.39 is 29.3 Å². The number of hydrogen-bond acceptors (Lipinski definition) is 3. The third kappa shape index (κ3) is 6.10. The second-order valence-electron chi connectivity index (χ2n) is 8.20. The zero-order valence-electron chi connectivity index (χ0n) is 18.1. The Morgan fingerprint density at radius 3 is 2.07 bits per heavy atom. The Labute approximate surface area is 176 Å². The number of amides is 2. The molecule has 0 aromatic heterocycles. The van der Waals surface area contributed by atoms with E-state index in [1.807, 2.05) is 24.3 Å². The summed E-state index contributed by atoms with van der Waals surface area (Å²) >= 11 is 0. The van der Waals surface area contributed by atoms with Crippen LogP contribution in [0.25, 0.3) is 0 Å². The molecule has 0 radical (unpaired) electrons. The van der Waals surface area contributed by atoms with Crippen LogP contribution in [0.2, 0.25) is 0 Å². The fourth-order valence-electron chi connectivity index (χ4n) is 2.97. The highest BCUT2D eigenvalue weighted by Crippen LogP contribution is 2.23. The van der Waals surface area contributed by atoms with Gasteiger partial charge in [-0.05, 0) is 48.7 Å². The molecule has 2 rings (SSSR count). The highest BCUT2D eigenvalue weighted by Gasteiger charge is 2.23. The van der Waals surface area contributed by atoms with Crippen molar-refractivity contribution in [2.24, 2.45) is 0 Å². The van der Waals surface area contributed by atoms with Crippen molar-refractivity contribution in [3.8, 4) is 0 Å². The second kappa shape index (κ2) is 9.80.